The summed E-state index contributed by atoms with van der Waals surface area (Å²) in [6, 6.07) is 2.12. The molecule has 3 rings (SSSR count). The smallest absolute Gasteiger partial charge is 0.227 e. The lowest BCUT2D eigenvalue weighted by molar-refractivity contribution is 0.295. The molecule has 0 radical (unpaired) electrons. The van der Waals surface area contributed by atoms with Crippen molar-refractivity contribution in [2.45, 2.75) is 32.6 Å². The van der Waals surface area contributed by atoms with Crippen molar-refractivity contribution in [2.75, 3.05) is 12.3 Å². The molecule has 4 nitrogen and oxygen atoms in total. The van der Waals surface area contributed by atoms with Crippen LogP contribution in [0.2, 0.25) is 0 Å². The molecule has 0 spiro atoms. The van der Waals surface area contributed by atoms with Crippen LogP contribution in [0.5, 0.6) is 5.88 Å². The number of aryl methyl sites for hydroxylation is 1. The van der Waals surface area contributed by atoms with E-state index in [1.165, 1.54) is 17.7 Å². The van der Waals surface area contributed by atoms with E-state index >= 15 is 0 Å². The highest BCUT2D eigenvalue weighted by Gasteiger charge is 2.21. The lowest BCUT2D eigenvalue weighted by Gasteiger charge is -2.06. The molecule has 1 fully saturated rings. The fraction of sp³-hybridized carbons (Fsp3) is 0.538. The van der Waals surface area contributed by atoms with Crippen LogP contribution in [-0.4, -0.2) is 16.6 Å². The van der Waals surface area contributed by atoms with E-state index in [2.05, 4.69) is 23.0 Å². The van der Waals surface area contributed by atoms with Crippen molar-refractivity contribution in [1.29, 1.82) is 0 Å². The van der Waals surface area contributed by atoms with Gasteiger partial charge in [-0.15, -0.1) is 11.3 Å². The quantitative estimate of drug-likeness (QED) is 0.900. The molecule has 1 aliphatic rings. The second-order valence-corrected chi connectivity index (χ2v) is 5.87. The number of hydrogen-bond donors (Lipinski definition) is 1. The minimum absolute atomic E-state index is 0.299. The lowest BCUT2D eigenvalue weighted by atomic mass is 10.3. The Bertz CT molecular complexity index is 563. The summed E-state index contributed by atoms with van der Waals surface area (Å²) in [4.78, 5) is 10.7. The Morgan fingerprint density at radius 1 is 1.44 bits per heavy atom. The van der Waals surface area contributed by atoms with Gasteiger partial charge in [0, 0.05) is 4.88 Å². The Hall–Kier alpha value is -1.36. The molecule has 96 valence electrons. The number of nitrogens with zero attached hydrogens (tertiary/aromatic N) is 2. The molecule has 1 saturated carbocycles. The van der Waals surface area contributed by atoms with Crippen LogP contribution in [0.15, 0.2) is 6.07 Å². The third-order valence-corrected chi connectivity index (χ3v) is 4.41. The molecule has 1 aliphatic carbocycles. The molecule has 0 aromatic carbocycles. The van der Waals surface area contributed by atoms with Crippen molar-refractivity contribution in [2.24, 2.45) is 5.92 Å². The average molecular weight is 263 g/mol. The number of anilines is 1. The topological polar surface area (TPSA) is 61.0 Å². The zero-order chi connectivity index (χ0) is 12.5. The molecule has 2 aromatic rings. The van der Waals surface area contributed by atoms with Crippen molar-refractivity contribution in [3.05, 3.63) is 10.9 Å². The molecular weight excluding hydrogens is 246 g/mol. The fourth-order valence-electron chi connectivity index (χ4n) is 1.97. The van der Waals surface area contributed by atoms with Crippen LogP contribution >= 0.6 is 11.3 Å². The highest BCUT2D eigenvalue weighted by atomic mass is 32.1. The summed E-state index contributed by atoms with van der Waals surface area (Å²) < 4.78 is 5.78. The average Bonchev–Trinajstić information content (AvgIpc) is 3.07. The van der Waals surface area contributed by atoms with Gasteiger partial charge < -0.3 is 10.5 Å². The predicted octanol–water partition coefficient (Wildman–Crippen LogP) is 3.01. The molecule has 0 unspecified atom stereocenters. The molecule has 5 heteroatoms. The summed E-state index contributed by atoms with van der Waals surface area (Å²) in [5, 5.41) is 1.00. The summed E-state index contributed by atoms with van der Waals surface area (Å²) in [6.07, 6.45) is 4.82. The van der Waals surface area contributed by atoms with E-state index in [0.29, 0.717) is 11.8 Å². The number of rotatable bonds is 5. The highest BCUT2D eigenvalue weighted by molar-refractivity contribution is 7.18. The van der Waals surface area contributed by atoms with Crippen molar-refractivity contribution >= 4 is 27.5 Å². The number of fused-ring (bicyclic) bond motifs is 1. The molecule has 2 N–H and O–H groups in total. The van der Waals surface area contributed by atoms with E-state index in [-0.39, 0.29) is 0 Å². The van der Waals surface area contributed by atoms with E-state index in [0.717, 1.165) is 35.6 Å². The third-order valence-electron chi connectivity index (χ3n) is 3.24. The van der Waals surface area contributed by atoms with Gasteiger partial charge in [-0.05, 0) is 24.8 Å². The van der Waals surface area contributed by atoms with Gasteiger partial charge in [0.1, 0.15) is 4.83 Å². The lowest BCUT2D eigenvalue weighted by Crippen LogP contribution is -2.03. The zero-order valence-electron chi connectivity index (χ0n) is 10.5. The monoisotopic (exact) mass is 263 g/mol. The van der Waals surface area contributed by atoms with Gasteiger partial charge in [-0.2, -0.15) is 4.98 Å². The standard InChI is InChI=1S/C13H17N3OS/c1-2-9-7-10-11(17-6-5-8-3-4-8)15-13(14)16-12(10)18-9/h7-8H,2-6H2,1H3,(H2,14,15,16). The number of nitrogen functional groups attached to an aromatic ring is 1. The first-order chi connectivity index (χ1) is 8.76. The second-order valence-electron chi connectivity index (χ2n) is 4.75. The van der Waals surface area contributed by atoms with Gasteiger partial charge in [0.25, 0.3) is 0 Å². The SMILES string of the molecule is CCc1cc2c(OCCC3CC3)nc(N)nc2s1. The molecule has 0 saturated heterocycles. The number of ether oxygens (including phenoxy) is 1. The van der Waals surface area contributed by atoms with E-state index in [9.17, 15) is 0 Å². The Kier molecular flexibility index (Phi) is 3.07. The van der Waals surface area contributed by atoms with Gasteiger partial charge >= 0.3 is 0 Å². The van der Waals surface area contributed by atoms with E-state index in [1.807, 2.05) is 0 Å². The molecule has 0 bridgehead atoms. The van der Waals surface area contributed by atoms with Crippen molar-refractivity contribution in [3.8, 4) is 5.88 Å². The first-order valence-corrected chi connectivity index (χ1v) is 7.26. The van der Waals surface area contributed by atoms with Gasteiger partial charge in [-0.25, -0.2) is 4.98 Å². The Balaban J connectivity index is 1.85. The van der Waals surface area contributed by atoms with Crippen LogP contribution in [0.25, 0.3) is 10.2 Å². The number of thiophene rings is 1. The summed E-state index contributed by atoms with van der Waals surface area (Å²) in [7, 11) is 0. The van der Waals surface area contributed by atoms with Crippen molar-refractivity contribution in [3.63, 3.8) is 0 Å². The van der Waals surface area contributed by atoms with Crippen LogP contribution in [0, 0.1) is 5.92 Å². The van der Waals surface area contributed by atoms with E-state index in [1.54, 1.807) is 11.3 Å². The minimum Gasteiger partial charge on any atom is -0.477 e. The first-order valence-electron chi connectivity index (χ1n) is 6.45. The zero-order valence-corrected chi connectivity index (χ0v) is 11.3. The van der Waals surface area contributed by atoms with Crippen LogP contribution in [0.1, 0.15) is 31.1 Å². The molecule has 0 atom stereocenters. The number of hydrogen-bond acceptors (Lipinski definition) is 5. The van der Waals surface area contributed by atoms with Gasteiger partial charge in [-0.1, -0.05) is 19.8 Å². The van der Waals surface area contributed by atoms with Crippen LogP contribution in [0.3, 0.4) is 0 Å². The van der Waals surface area contributed by atoms with Crippen LogP contribution < -0.4 is 10.5 Å². The van der Waals surface area contributed by atoms with Gasteiger partial charge in [0.15, 0.2) is 0 Å². The highest BCUT2D eigenvalue weighted by Crippen LogP contribution is 2.34. The maximum Gasteiger partial charge on any atom is 0.227 e. The summed E-state index contributed by atoms with van der Waals surface area (Å²) in [5.74, 6) is 1.82. The molecule has 0 aliphatic heterocycles. The summed E-state index contributed by atoms with van der Waals surface area (Å²) >= 11 is 1.67. The largest absolute Gasteiger partial charge is 0.477 e. The van der Waals surface area contributed by atoms with Gasteiger partial charge in [-0.3, -0.25) is 0 Å². The van der Waals surface area contributed by atoms with E-state index in [4.69, 9.17) is 10.5 Å². The van der Waals surface area contributed by atoms with Gasteiger partial charge in [0.05, 0.1) is 12.0 Å². The van der Waals surface area contributed by atoms with Crippen molar-refractivity contribution < 1.29 is 4.74 Å². The Morgan fingerprint density at radius 3 is 3.00 bits per heavy atom. The molecule has 0 amide bonds. The second kappa shape index (κ2) is 4.72. The third kappa shape index (κ3) is 2.41. The maximum atomic E-state index is 5.78. The minimum atomic E-state index is 0.299. The summed E-state index contributed by atoms with van der Waals surface area (Å²) in [6.45, 7) is 2.86. The molecule has 2 aromatic heterocycles. The van der Waals surface area contributed by atoms with Crippen LogP contribution in [-0.2, 0) is 6.42 Å². The molecule has 18 heavy (non-hydrogen) atoms. The van der Waals surface area contributed by atoms with E-state index < -0.39 is 0 Å². The Labute approximate surface area is 110 Å². The van der Waals surface area contributed by atoms with Gasteiger partial charge in [0.2, 0.25) is 11.8 Å². The Morgan fingerprint density at radius 2 is 2.28 bits per heavy atom. The number of aromatic nitrogens is 2. The maximum absolute atomic E-state index is 5.78. The fourth-order valence-corrected chi connectivity index (χ4v) is 2.94. The first kappa shape index (κ1) is 11.7. The predicted molar refractivity (Wildman–Crippen MR) is 74.0 cm³/mol. The van der Waals surface area contributed by atoms with Crippen LogP contribution in [0.4, 0.5) is 5.95 Å². The summed E-state index contributed by atoms with van der Waals surface area (Å²) in [5.41, 5.74) is 5.72. The normalized spacial score (nSPS) is 15.2. The molecular formula is C13H17N3OS. The molecule has 2 heterocycles. The van der Waals surface area contributed by atoms with Crippen molar-refractivity contribution in [1.82, 2.24) is 9.97 Å². The number of nitrogens with two attached hydrogens (primary N) is 1.